The van der Waals surface area contributed by atoms with Crippen LogP contribution in [0.1, 0.15) is 5.56 Å². The first kappa shape index (κ1) is 23.4. The minimum Gasteiger partial charge on any atom is -0.493 e. The maximum Gasteiger partial charge on any atom is 0.343 e. The van der Waals surface area contributed by atoms with Gasteiger partial charge in [-0.2, -0.15) is 0 Å². The highest BCUT2D eigenvalue weighted by Gasteiger charge is 2.33. The Bertz CT molecular complexity index is 1020. The topological polar surface area (TPSA) is 86.7 Å². The van der Waals surface area contributed by atoms with E-state index in [1.165, 1.54) is 26.0 Å². The van der Waals surface area contributed by atoms with Crippen LogP contribution in [0.4, 0.5) is 5.69 Å². The summed E-state index contributed by atoms with van der Waals surface area (Å²) in [5, 5.41) is 0.592. The summed E-state index contributed by atoms with van der Waals surface area (Å²) in [7, 11) is 4.39. The number of hydrogen-bond acceptors (Lipinski definition) is 8. The van der Waals surface area contributed by atoms with Crippen molar-refractivity contribution in [1.82, 2.24) is 4.90 Å². The molecule has 0 spiro atoms. The number of benzene rings is 2. The highest BCUT2D eigenvalue weighted by Crippen LogP contribution is 2.35. The maximum atomic E-state index is 13.0. The fraction of sp³-hybridized carbons (Fsp3) is 0.261. The van der Waals surface area contributed by atoms with Crippen LogP contribution < -0.4 is 9.47 Å². The van der Waals surface area contributed by atoms with E-state index in [2.05, 4.69) is 9.73 Å². The van der Waals surface area contributed by atoms with E-state index in [0.29, 0.717) is 34.7 Å². The average molecular weight is 457 g/mol. The van der Waals surface area contributed by atoms with Crippen molar-refractivity contribution in [3.63, 3.8) is 0 Å². The summed E-state index contributed by atoms with van der Waals surface area (Å²) in [5.41, 5.74) is 1.51. The van der Waals surface area contributed by atoms with Gasteiger partial charge in [0.05, 0.1) is 38.0 Å². The third-order valence-corrected chi connectivity index (χ3v) is 5.45. The fourth-order valence-corrected chi connectivity index (χ4v) is 3.85. The number of aliphatic imine (C=N–C) groups is 1. The number of carbonyl (C=O) groups is 2. The Balaban J connectivity index is 1.86. The second-order valence-corrected chi connectivity index (χ2v) is 7.57. The first-order chi connectivity index (χ1) is 15.5. The monoisotopic (exact) mass is 456 g/mol. The second kappa shape index (κ2) is 11.4. The number of hydrogen-bond donors (Lipinski definition) is 0. The van der Waals surface area contributed by atoms with Crippen LogP contribution in [0.15, 0.2) is 58.4 Å². The van der Waals surface area contributed by atoms with Gasteiger partial charge >= 0.3 is 5.97 Å². The van der Waals surface area contributed by atoms with Crippen LogP contribution >= 0.6 is 11.8 Å². The Morgan fingerprint density at radius 1 is 1.09 bits per heavy atom. The lowest BCUT2D eigenvalue weighted by Gasteiger charge is -2.14. The zero-order chi connectivity index (χ0) is 22.9. The number of para-hydroxylation sites is 1. The average Bonchev–Trinajstić information content (AvgIpc) is 3.10. The van der Waals surface area contributed by atoms with Crippen molar-refractivity contribution in [2.24, 2.45) is 4.99 Å². The minimum absolute atomic E-state index is 0.147. The number of ether oxygens (including phenoxy) is 4. The summed E-state index contributed by atoms with van der Waals surface area (Å²) in [6.07, 6.45) is 1.77. The first-order valence-corrected chi connectivity index (χ1v) is 10.6. The molecule has 0 unspecified atom stereocenters. The molecule has 1 heterocycles. The van der Waals surface area contributed by atoms with E-state index in [1.54, 1.807) is 36.3 Å². The summed E-state index contributed by atoms with van der Waals surface area (Å²) in [4.78, 5) is 31.1. The number of esters is 1. The Morgan fingerprint density at radius 3 is 2.56 bits per heavy atom. The molecule has 3 rings (SSSR count). The molecule has 32 heavy (non-hydrogen) atoms. The van der Waals surface area contributed by atoms with Crippen LogP contribution in [0.5, 0.6) is 11.5 Å². The lowest BCUT2D eigenvalue weighted by molar-refractivity contribution is -0.142. The van der Waals surface area contributed by atoms with Crippen LogP contribution in [0.25, 0.3) is 6.08 Å². The Morgan fingerprint density at radius 2 is 1.88 bits per heavy atom. The molecule has 0 N–H and O–H groups in total. The minimum atomic E-state index is -0.493. The standard InChI is InChI=1S/C23H24N2O6S/c1-28-12-11-25-22(27)20(32-23(25)24-17-7-5-4-6-8-17)14-16-9-10-18(19(13-16)29-2)31-15-21(26)30-3/h4-10,13-14H,11-12,15H2,1-3H3. The highest BCUT2D eigenvalue weighted by molar-refractivity contribution is 8.18. The lowest BCUT2D eigenvalue weighted by Crippen LogP contribution is -2.32. The smallest absolute Gasteiger partial charge is 0.343 e. The van der Waals surface area contributed by atoms with Gasteiger partial charge in [0.1, 0.15) is 0 Å². The summed E-state index contributed by atoms with van der Waals surface area (Å²) >= 11 is 1.30. The normalized spacial score (nSPS) is 16.0. The van der Waals surface area contributed by atoms with Gasteiger partial charge in [0.2, 0.25) is 0 Å². The third kappa shape index (κ3) is 5.89. The van der Waals surface area contributed by atoms with Crippen molar-refractivity contribution in [3.05, 3.63) is 59.0 Å². The number of nitrogens with zero attached hydrogens (tertiary/aromatic N) is 2. The Kier molecular flexibility index (Phi) is 8.29. The van der Waals surface area contributed by atoms with Crippen molar-refractivity contribution >= 4 is 40.6 Å². The second-order valence-electron chi connectivity index (χ2n) is 6.57. The third-order valence-electron chi connectivity index (χ3n) is 4.45. The van der Waals surface area contributed by atoms with Gasteiger partial charge in [-0.3, -0.25) is 9.69 Å². The van der Waals surface area contributed by atoms with E-state index >= 15 is 0 Å². The maximum absolute atomic E-state index is 13.0. The number of carbonyl (C=O) groups excluding carboxylic acids is 2. The molecular weight excluding hydrogens is 432 g/mol. The summed E-state index contributed by atoms with van der Waals surface area (Å²) < 4.78 is 20.5. The molecule has 0 aromatic heterocycles. The molecule has 1 aliphatic heterocycles. The van der Waals surface area contributed by atoms with E-state index in [0.717, 1.165) is 11.3 Å². The quantitative estimate of drug-likeness (QED) is 0.422. The zero-order valence-electron chi connectivity index (χ0n) is 18.1. The number of methoxy groups -OCH3 is 3. The fourth-order valence-electron chi connectivity index (χ4n) is 2.82. The number of amidine groups is 1. The van der Waals surface area contributed by atoms with Gasteiger partial charge in [-0.1, -0.05) is 24.3 Å². The van der Waals surface area contributed by atoms with Crippen molar-refractivity contribution < 1.29 is 28.5 Å². The van der Waals surface area contributed by atoms with E-state index in [4.69, 9.17) is 14.2 Å². The van der Waals surface area contributed by atoms with E-state index < -0.39 is 5.97 Å². The predicted molar refractivity (Wildman–Crippen MR) is 123 cm³/mol. The van der Waals surface area contributed by atoms with E-state index in [1.807, 2.05) is 30.3 Å². The SMILES string of the molecule is COCCN1C(=O)C(=Cc2ccc(OCC(=O)OC)c(OC)c2)SC1=Nc1ccccc1. The molecule has 0 atom stereocenters. The lowest BCUT2D eigenvalue weighted by atomic mass is 10.2. The number of rotatable bonds is 9. The summed E-state index contributed by atoms with van der Waals surface area (Å²) in [6.45, 7) is 0.567. The summed E-state index contributed by atoms with van der Waals surface area (Å²) in [5.74, 6) is 0.200. The molecule has 0 bridgehead atoms. The summed E-state index contributed by atoms with van der Waals surface area (Å²) in [6, 6.07) is 14.7. The molecular formula is C23H24N2O6S. The van der Waals surface area contributed by atoms with Gasteiger partial charge in [0.15, 0.2) is 23.3 Å². The molecule has 0 radical (unpaired) electrons. The molecule has 2 aromatic rings. The van der Waals surface area contributed by atoms with Gasteiger partial charge in [-0.05, 0) is 47.7 Å². The molecule has 168 valence electrons. The van der Waals surface area contributed by atoms with Crippen LogP contribution in [0.2, 0.25) is 0 Å². The zero-order valence-corrected chi connectivity index (χ0v) is 18.9. The molecule has 2 aromatic carbocycles. The molecule has 1 amide bonds. The first-order valence-electron chi connectivity index (χ1n) is 9.77. The van der Waals surface area contributed by atoms with Crippen molar-refractivity contribution in [1.29, 1.82) is 0 Å². The van der Waals surface area contributed by atoms with Crippen molar-refractivity contribution in [2.75, 3.05) is 41.1 Å². The van der Waals surface area contributed by atoms with Crippen molar-refractivity contribution in [2.45, 2.75) is 0 Å². The van der Waals surface area contributed by atoms with Gasteiger partial charge in [0, 0.05) is 7.11 Å². The molecule has 1 aliphatic rings. The molecule has 8 nitrogen and oxygen atoms in total. The van der Waals surface area contributed by atoms with Gasteiger partial charge in [0.25, 0.3) is 5.91 Å². The number of amides is 1. The molecule has 0 saturated carbocycles. The van der Waals surface area contributed by atoms with Gasteiger partial charge < -0.3 is 18.9 Å². The van der Waals surface area contributed by atoms with Gasteiger partial charge in [-0.15, -0.1) is 0 Å². The van der Waals surface area contributed by atoms with Crippen LogP contribution in [0, 0.1) is 0 Å². The predicted octanol–water partition coefficient (Wildman–Crippen LogP) is 3.50. The Labute approximate surface area is 190 Å². The Hall–Kier alpha value is -3.30. The van der Waals surface area contributed by atoms with Gasteiger partial charge in [-0.25, -0.2) is 9.79 Å². The van der Waals surface area contributed by atoms with Crippen LogP contribution in [0.3, 0.4) is 0 Å². The number of thioether (sulfide) groups is 1. The molecule has 9 heteroatoms. The van der Waals surface area contributed by atoms with E-state index in [-0.39, 0.29) is 12.5 Å². The van der Waals surface area contributed by atoms with Crippen LogP contribution in [-0.4, -0.2) is 63.0 Å². The van der Waals surface area contributed by atoms with E-state index in [9.17, 15) is 9.59 Å². The molecule has 1 fully saturated rings. The molecule has 1 saturated heterocycles. The van der Waals surface area contributed by atoms with Crippen LogP contribution in [-0.2, 0) is 19.1 Å². The molecule has 0 aliphatic carbocycles. The highest BCUT2D eigenvalue weighted by atomic mass is 32.2. The largest absolute Gasteiger partial charge is 0.493 e. The van der Waals surface area contributed by atoms with Crippen molar-refractivity contribution in [3.8, 4) is 11.5 Å².